The van der Waals surface area contributed by atoms with Crippen LogP contribution in [-0.2, 0) is 0 Å². The van der Waals surface area contributed by atoms with Gasteiger partial charge in [0, 0.05) is 56.4 Å². The van der Waals surface area contributed by atoms with Crippen molar-refractivity contribution >= 4 is 23.2 Å². The summed E-state index contributed by atoms with van der Waals surface area (Å²) in [6.45, 7) is 25.2. The van der Waals surface area contributed by atoms with Crippen molar-refractivity contribution in [3.05, 3.63) is 77.4 Å². The zero-order valence-corrected chi connectivity index (χ0v) is 22.1. The van der Waals surface area contributed by atoms with E-state index in [0.717, 1.165) is 73.0 Å². The molecule has 35 heavy (non-hydrogen) atoms. The van der Waals surface area contributed by atoms with E-state index in [9.17, 15) is 0 Å². The summed E-state index contributed by atoms with van der Waals surface area (Å²) < 4.78 is 0. The fraction of sp³-hybridized carbons (Fsp3) is 0.393. The maximum Gasteiger partial charge on any atom is 0.137 e. The zero-order valence-electron chi connectivity index (χ0n) is 22.1. The first-order valence-corrected chi connectivity index (χ1v) is 12.1. The first kappa shape index (κ1) is 26.2. The van der Waals surface area contributed by atoms with E-state index in [1.54, 1.807) is 0 Å². The third-order valence-electron chi connectivity index (χ3n) is 6.01. The third kappa shape index (κ3) is 7.52. The Morgan fingerprint density at radius 2 is 1.66 bits per heavy atom. The van der Waals surface area contributed by atoms with E-state index in [2.05, 4.69) is 87.5 Å². The summed E-state index contributed by atoms with van der Waals surface area (Å²) in [4.78, 5) is 18.6. The number of benzene rings is 1. The summed E-state index contributed by atoms with van der Waals surface area (Å²) in [5.41, 5.74) is 6.45. The van der Waals surface area contributed by atoms with Crippen molar-refractivity contribution in [3.8, 4) is 0 Å². The van der Waals surface area contributed by atoms with Gasteiger partial charge in [-0.15, -0.1) is 0 Å². The van der Waals surface area contributed by atoms with E-state index in [4.69, 9.17) is 0 Å². The second kappa shape index (κ2) is 11.8. The van der Waals surface area contributed by atoms with Gasteiger partial charge in [-0.3, -0.25) is 4.90 Å². The number of hydrogen-bond donors (Lipinski definition) is 2. The molecule has 2 N–H and O–H groups in total. The highest BCUT2D eigenvalue weighted by Gasteiger charge is 2.19. The summed E-state index contributed by atoms with van der Waals surface area (Å²) in [6.07, 6.45) is 1.82. The quantitative estimate of drug-likeness (QED) is 0.230. The molecule has 0 spiro atoms. The molecule has 0 radical (unpaired) electrons. The van der Waals surface area contributed by atoms with Crippen molar-refractivity contribution in [1.29, 1.82) is 0 Å². The van der Waals surface area contributed by atoms with Gasteiger partial charge in [0.2, 0.25) is 0 Å². The zero-order chi connectivity index (χ0) is 25.5. The number of hydrogen-bond acceptors (Lipinski definition) is 6. The Morgan fingerprint density at radius 1 is 1.00 bits per heavy atom. The molecule has 0 aliphatic carbocycles. The van der Waals surface area contributed by atoms with Crippen molar-refractivity contribution in [1.82, 2.24) is 14.9 Å². The van der Waals surface area contributed by atoms with E-state index in [0.29, 0.717) is 0 Å². The number of amidine groups is 1. The van der Waals surface area contributed by atoms with Crippen molar-refractivity contribution < 1.29 is 0 Å². The molecule has 2 heterocycles. The first-order chi connectivity index (χ1) is 16.6. The van der Waals surface area contributed by atoms with Gasteiger partial charge in [0.15, 0.2) is 0 Å². The highest BCUT2D eigenvalue weighted by atomic mass is 15.3. The van der Waals surface area contributed by atoms with Gasteiger partial charge in [-0.1, -0.05) is 36.9 Å². The van der Waals surface area contributed by atoms with Crippen LogP contribution >= 0.6 is 0 Å². The fourth-order valence-electron chi connectivity index (χ4n) is 4.05. The van der Waals surface area contributed by atoms with Crippen molar-refractivity contribution in [2.45, 2.75) is 41.5 Å². The van der Waals surface area contributed by atoms with E-state index in [-0.39, 0.29) is 0 Å². The standard InChI is InChI=1S/C28H39N7/c1-19(2)18-34-12-14-35(15-13-34)27-16-26(32-25(8)33-27)31-24(7)29-17-22(5)23(6)30-28-20(3)10-9-11-21(28)4/h9-11,16-17,30H,1,6,12-15,18H2,2-5,7-8H3,(H,29,31,32,33)/b22-17+. The lowest BCUT2D eigenvalue weighted by atomic mass is 10.1. The lowest BCUT2D eigenvalue weighted by Crippen LogP contribution is -2.47. The lowest BCUT2D eigenvalue weighted by molar-refractivity contribution is 0.278. The normalized spacial score (nSPS) is 15.2. The summed E-state index contributed by atoms with van der Waals surface area (Å²) in [5.74, 6) is 3.18. The maximum atomic E-state index is 4.67. The summed E-state index contributed by atoms with van der Waals surface area (Å²) >= 11 is 0. The van der Waals surface area contributed by atoms with Crippen molar-refractivity contribution in [2.75, 3.05) is 48.3 Å². The lowest BCUT2D eigenvalue weighted by Gasteiger charge is -2.35. The predicted molar refractivity (Wildman–Crippen MR) is 149 cm³/mol. The summed E-state index contributed by atoms with van der Waals surface area (Å²) in [5, 5.41) is 6.74. The molecule has 1 aliphatic heterocycles. The van der Waals surface area contributed by atoms with Gasteiger partial charge in [-0.25, -0.2) is 15.0 Å². The van der Waals surface area contributed by atoms with E-state index >= 15 is 0 Å². The van der Waals surface area contributed by atoms with Crippen LogP contribution in [0.1, 0.15) is 37.7 Å². The van der Waals surface area contributed by atoms with E-state index in [1.807, 2.05) is 33.0 Å². The Hall–Kier alpha value is -3.45. The molecule has 0 bridgehead atoms. The van der Waals surface area contributed by atoms with Gasteiger partial charge >= 0.3 is 0 Å². The SMILES string of the molecule is C=C(C)CN1CCN(c2cc(N/C(C)=N/C=C(\C)C(=C)Nc3c(C)cccc3C)nc(C)n2)CC1. The minimum Gasteiger partial charge on any atom is -0.355 e. The van der Waals surface area contributed by atoms with Gasteiger partial charge in [0.1, 0.15) is 23.3 Å². The number of nitrogens with zero attached hydrogens (tertiary/aromatic N) is 5. The summed E-state index contributed by atoms with van der Waals surface area (Å²) in [7, 11) is 0. The molecule has 186 valence electrons. The molecule has 1 aromatic carbocycles. The molecule has 2 aromatic rings. The highest BCUT2D eigenvalue weighted by Crippen LogP contribution is 2.23. The number of aliphatic imine (C=N–C) groups is 1. The van der Waals surface area contributed by atoms with Gasteiger partial charge < -0.3 is 15.5 Å². The molecule has 0 atom stereocenters. The van der Waals surface area contributed by atoms with Crippen LogP contribution in [0.2, 0.25) is 0 Å². The number of aryl methyl sites for hydroxylation is 3. The second-order valence-corrected chi connectivity index (χ2v) is 9.40. The minimum atomic E-state index is 0.736. The average molecular weight is 474 g/mol. The first-order valence-electron chi connectivity index (χ1n) is 12.1. The number of allylic oxidation sites excluding steroid dienone is 1. The average Bonchev–Trinajstić information content (AvgIpc) is 2.79. The highest BCUT2D eigenvalue weighted by molar-refractivity contribution is 5.93. The van der Waals surface area contributed by atoms with Gasteiger partial charge in [0.25, 0.3) is 0 Å². The number of rotatable bonds is 8. The number of para-hydroxylation sites is 1. The predicted octanol–water partition coefficient (Wildman–Crippen LogP) is 5.46. The van der Waals surface area contributed by atoms with Crippen LogP contribution in [0.4, 0.5) is 17.3 Å². The molecule has 7 nitrogen and oxygen atoms in total. The summed E-state index contributed by atoms with van der Waals surface area (Å²) in [6, 6.07) is 8.24. The Kier molecular flexibility index (Phi) is 8.82. The van der Waals surface area contributed by atoms with Crippen LogP contribution in [0.3, 0.4) is 0 Å². The van der Waals surface area contributed by atoms with Crippen LogP contribution in [0.5, 0.6) is 0 Å². The van der Waals surface area contributed by atoms with Crippen molar-refractivity contribution in [3.63, 3.8) is 0 Å². The van der Waals surface area contributed by atoms with Crippen LogP contribution in [0, 0.1) is 20.8 Å². The molecule has 3 rings (SSSR count). The van der Waals surface area contributed by atoms with Gasteiger partial charge in [-0.2, -0.15) is 0 Å². The number of aromatic nitrogens is 2. The Balaban J connectivity index is 1.64. The molecule has 7 heteroatoms. The molecule has 0 saturated carbocycles. The molecule has 0 amide bonds. The monoisotopic (exact) mass is 473 g/mol. The molecule has 1 saturated heterocycles. The molecule has 1 aromatic heterocycles. The van der Waals surface area contributed by atoms with E-state index < -0.39 is 0 Å². The third-order valence-corrected chi connectivity index (χ3v) is 6.01. The Bertz CT molecular complexity index is 1120. The van der Waals surface area contributed by atoms with E-state index in [1.165, 1.54) is 16.7 Å². The fourth-order valence-corrected chi connectivity index (χ4v) is 4.05. The number of piperazine rings is 1. The molecule has 1 fully saturated rings. The largest absolute Gasteiger partial charge is 0.355 e. The molecular formula is C28H39N7. The van der Waals surface area contributed by atoms with Crippen LogP contribution < -0.4 is 15.5 Å². The minimum absolute atomic E-state index is 0.736. The molecular weight excluding hydrogens is 434 g/mol. The van der Waals surface area contributed by atoms with Crippen LogP contribution in [0.25, 0.3) is 0 Å². The Morgan fingerprint density at radius 3 is 2.29 bits per heavy atom. The second-order valence-electron chi connectivity index (χ2n) is 9.40. The topological polar surface area (TPSA) is 68.7 Å². The number of nitrogens with one attached hydrogen (secondary N) is 2. The van der Waals surface area contributed by atoms with Crippen LogP contribution in [0.15, 0.2) is 65.5 Å². The van der Waals surface area contributed by atoms with Gasteiger partial charge in [0.05, 0.1) is 0 Å². The Labute approximate surface area is 210 Å². The van der Waals surface area contributed by atoms with Gasteiger partial charge in [-0.05, 0) is 58.2 Å². The molecule has 0 unspecified atom stereocenters. The molecule has 1 aliphatic rings. The smallest absolute Gasteiger partial charge is 0.137 e. The van der Waals surface area contributed by atoms with Crippen LogP contribution in [-0.4, -0.2) is 53.4 Å². The number of anilines is 3. The van der Waals surface area contributed by atoms with Crippen molar-refractivity contribution in [2.24, 2.45) is 4.99 Å². The maximum absolute atomic E-state index is 4.67.